The lowest BCUT2D eigenvalue weighted by Crippen LogP contribution is -2.42. The van der Waals surface area contributed by atoms with Crippen molar-refractivity contribution in [3.05, 3.63) is 39.2 Å². The van der Waals surface area contributed by atoms with Gasteiger partial charge in [0.1, 0.15) is 5.15 Å². The average Bonchev–Trinajstić information content (AvgIpc) is 2.76. The number of aromatic nitrogens is 1. The lowest BCUT2D eigenvalue weighted by Gasteiger charge is -2.25. The number of nitrogens with zero attached hydrogens (tertiary/aromatic N) is 4. The molecule has 0 saturated heterocycles. The number of guanidine groups is 1. The summed E-state index contributed by atoms with van der Waals surface area (Å²) in [5.74, 6) is 0.280. The van der Waals surface area contributed by atoms with Gasteiger partial charge in [-0.1, -0.05) is 23.1 Å². The van der Waals surface area contributed by atoms with Crippen LogP contribution in [0.2, 0.25) is 5.15 Å². The summed E-state index contributed by atoms with van der Waals surface area (Å²) in [6, 6.07) is 3.49. The first-order chi connectivity index (χ1) is 8.58. The maximum Gasteiger partial charge on any atom is 0.257 e. The lowest BCUT2D eigenvalue weighted by molar-refractivity contribution is -0.526. The van der Waals surface area contributed by atoms with Crippen molar-refractivity contribution in [2.24, 2.45) is 4.99 Å². The van der Waals surface area contributed by atoms with Gasteiger partial charge in [-0.05, 0) is 18.6 Å². The standard InChI is InChI=1S/C10H12ClN5O2/c1-7(8-2-3-9(11)13-6-8)15-5-4-12-10(15)14-16(17)18/h2-3,6-7H,4-5H2,1H3,(H,12,14)/t7-/m1/s1. The first-order valence-corrected chi connectivity index (χ1v) is 5.79. The zero-order valence-corrected chi connectivity index (χ0v) is 10.5. The van der Waals surface area contributed by atoms with Gasteiger partial charge in [0.25, 0.3) is 5.96 Å². The van der Waals surface area contributed by atoms with Gasteiger partial charge in [0, 0.05) is 12.7 Å². The largest absolute Gasteiger partial charge is 0.330 e. The molecule has 1 aromatic heterocycles. The fraction of sp³-hybridized carbons (Fsp3) is 0.400. The molecule has 0 unspecified atom stereocenters. The Morgan fingerprint density at radius 2 is 2.39 bits per heavy atom. The topological polar surface area (TPSA) is 83.7 Å². The van der Waals surface area contributed by atoms with E-state index in [2.05, 4.69) is 15.4 Å². The fourth-order valence-electron chi connectivity index (χ4n) is 1.83. The van der Waals surface area contributed by atoms with E-state index in [9.17, 15) is 10.1 Å². The van der Waals surface area contributed by atoms with Gasteiger partial charge in [-0.2, -0.15) is 0 Å². The van der Waals surface area contributed by atoms with Gasteiger partial charge in [0.2, 0.25) is 0 Å². The number of rotatable bonds is 3. The summed E-state index contributed by atoms with van der Waals surface area (Å²) in [5, 5.41) is 10.3. The number of halogens is 1. The monoisotopic (exact) mass is 269 g/mol. The van der Waals surface area contributed by atoms with Gasteiger partial charge in [-0.15, -0.1) is 0 Å². The van der Waals surface area contributed by atoms with Crippen LogP contribution < -0.4 is 5.43 Å². The van der Waals surface area contributed by atoms with Crippen LogP contribution in [-0.4, -0.2) is 34.0 Å². The van der Waals surface area contributed by atoms with Crippen LogP contribution in [0.25, 0.3) is 0 Å². The number of nitrogens with one attached hydrogen (secondary N) is 1. The summed E-state index contributed by atoms with van der Waals surface area (Å²) in [7, 11) is 0. The highest BCUT2D eigenvalue weighted by Gasteiger charge is 2.26. The van der Waals surface area contributed by atoms with Crippen LogP contribution in [0, 0.1) is 10.1 Å². The van der Waals surface area contributed by atoms with E-state index in [1.54, 1.807) is 12.3 Å². The zero-order valence-electron chi connectivity index (χ0n) is 9.71. The number of hydrogen-bond donors (Lipinski definition) is 1. The van der Waals surface area contributed by atoms with Crippen molar-refractivity contribution in [2.45, 2.75) is 13.0 Å². The molecule has 0 radical (unpaired) electrons. The van der Waals surface area contributed by atoms with E-state index in [0.717, 1.165) is 5.56 Å². The van der Waals surface area contributed by atoms with E-state index in [-0.39, 0.29) is 12.0 Å². The third-order valence-corrected chi connectivity index (χ3v) is 2.99. The summed E-state index contributed by atoms with van der Waals surface area (Å²) in [4.78, 5) is 20.4. The van der Waals surface area contributed by atoms with Gasteiger partial charge in [-0.25, -0.2) is 20.1 Å². The Balaban J connectivity index is 2.13. The molecule has 1 aliphatic rings. The SMILES string of the molecule is C[C@H](c1ccc(Cl)nc1)N1CCN=C1N[N+](=O)[O-]. The molecule has 0 saturated carbocycles. The lowest BCUT2D eigenvalue weighted by atomic mass is 10.1. The van der Waals surface area contributed by atoms with E-state index in [1.807, 2.05) is 17.9 Å². The minimum absolute atomic E-state index is 0.0523. The quantitative estimate of drug-likeness (QED) is 0.507. The predicted molar refractivity (Wildman–Crippen MR) is 66.8 cm³/mol. The average molecular weight is 270 g/mol. The van der Waals surface area contributed by atoms with Crippen LogP contribution >= 0.6 is 11.6 Å². The highest BCUT2D eigenvalue weighted by atomic mass is 35.5. The van der Waals surface area contributed by atoms with Gasteiger partial charge < -0.3 is 4.90 Å². The minimum atomic E-state index is -0.607. The summed E-state index contributed by atoms with van der Waals surface area (Å²) in [6.45, 7) is 3.12. The zero-order chi connectivity index (χ0) is 13.1. The van der Waals surface area contributed by atoms with Crippen LogP contribution in [0.4, 0.5) is 0 Å². The molecular weight excluding hydrogens is 258 g/mol. The van der Waals surface area contributed by atoms with Crippen LogP contribution in [0.5, 0.6) is 0 Å². The molecule has 2 heterocycles. The highest BCUT2D eigenvalue weighted by Crippen LogP contribution is 2.22. The highest BCUT2D eigenvalue weighted by molar-refractivity contribution is 6.29. The van der Waals surface area contributed by atoms with Crippen molar-refractivity contribution in [2.75, 3.05) is 13.1 Å². The van der Waals surface area contributed by atoms with E-state index in [4.69, 9.17) is 11.6 Å². The number of pyridine rings is 1. The molecule has 96 valence electrons. The Hall–Kier alpha value is -1.89. The second kappa shape index (κ2) is 5.18. The van der Waals surface area contributed by atoms with Crippen molar-refractivity contribution in [1.82, 2.24) is 15.3 Å². The van der Waals surface area contributed by atoms with Crippen molar-refractivity contribution in [3.8, 4) is 0 Å². The molecular formula is C10H12ClN5O2. The maximum atomic E-state index is 10.5. The Morgan fingerprint density at radius 1 is 1.61 bits per heavy atom. The third-order valence-electron chi connectivity index (χ3n) is 2.77. The minimum Gasteiger partial charge on any atom is -0.330 e. The van der Waals surface area contributed by atoms with Gasteiger partial charge in [-0.3, -0.25) is 0 Å². The molecule has 0 bridgehead atoms. The molecule has 0 aromatic carbocycles. The summed E-state index contributed by atoms with van der Waals surface area (Å²) >= 11 is 5.72. The smallest absolute Gasteiger partial charge is 0.257 e. The molecule has 0 amide bonds. The molecule has 1 aliphatic heterocycles. The molecule has 1 N–H and O–H groups in total. The van der Waals surface area contributed by atoms with Crippen LogP contribution in [0.3, 0.4) is 0 Å². The molecule has 2 rings (SSSR count). The van der Waals surface area contributed by atoms with E-state index in [1.165, 1.54) is 0 Å². The third kappa shape index (κ3) is 2.67. The Labute approximate surface area is 109 Å². The first-order valence-electron chi connectivity index (χ1n) is 5.41. The van der Waals surface area contributed by atoms with Crippen LogP contribution in [-0.2, 0) is 0 Å². The molecule has 1 atom stereocenters. The van der Waals surface area contributed by atoms with E-state index in [0.29, 0.717) is 18.2 Å². The molecule has 0 aliphatic carbocycles. The maximum absolute atomic E-state index is 10.5. The Morgan fingerprint density at radius 3 is 3.00 bits per heavy atom. The van der Waals surface area contributed by atoms with Crippen molar-refractivity contribution in [3.63, 3.8) is 0 Å². The second-order valence-electron chi connectivity index (χ2n) is 3.86. The number of hydrazine groups is 1. The van der Waals surface area contributed by atoms with Crippen molar-refractivity contribution >= 4 is 17.6 Å². The van der Waals surface area contributed by atoms with Crippen molar-refractivity contribution in [1.29, 1.82) is 0 Å². The molecule has 0 spiro atoms. The summed E-state index contributed by atoms with van der Waals surface area (Å²) in [5.41, 5.74) is 3.04. The summed E-state index contributed by atoms with van der Waals surface area (Å²) < 4.78 is 0. The Kier molecular flexibility index (Phi) is 3.61. The van der Waals surface area contributed by atoms with Gasteiger partial charge >= 0.3 is 0 Å². The number of hydrogen-bond acceptors (Lipinski definition) is 5. The molecule has 0 fully saturated rings. The molecule has 18 heavy (non-hydrogen) atoms. The van der Waals surface area contributed by atoms with E-state index < -0.39 is 5.03 Å². The summed E-state index contributed by atoms with van der Waals surface area (Å²) in [6.07, 6.45) is 1.66. The van der Waals surface area contributed by atoms with Crippen LogP contribution in [0.15, 0.2) is 23.3 Å². The van der Waals surface area contributed by atoms with Gasteiger partial charge in [0.15, 0.2) is 5.03 Å². The second-order valence-corrected chi connectivity index (χ2v) is 4.25. The predicted octanol–water partition coefficient (Wildman–Crippen LogP) is 1.25. The van der Waals surface area contributed by atoms with Crippen LogP contribution in [0.1, 0.15) is 18.5 Å². The molecule has 7 nitrogen and oxygen atoms in total. The Bertz CT molecular complexity index is 476. The first kappa shape index (κ1) is 12.6. The molecule has 1 aromatic rings. The molecule has 8 heteroatoms. The fourth-order valence-corrected chi connectivity index (χ4v) is 1.94. The normalized spacial score (nSPS) is 16.3. The van der Waals surface area contributed by atoms with E-state index >= 15 is 0 Å². The number of aliphatic imine (C=N–C) groups is 1. The van der Waals surface area contributed by atoms with Gasteiger partial charge in [0.05, 0.1) is 12.6 Å². The number of nitro groups is 1. The van der Waals surface area contributed by atoms with Crippen molar-refractivity contribution < 1.29 is 5.03 Å².